The van der Waals surface area contributed by atoms with E-state index in [2.05, 4.69) is 31.9 Å². The van der Waals surface area contributed by atoms with Gasteiger partial charge in [-0.3, -0.25) is 0 Å². The van der Waals surface area contributed by atoms with Crippen LogP contribution in [0.1, 0.15) is 11.6 Å². The second kappa shape index (κ2) is 5.68. The molecule has 4 nitrogen and oxygen atoms in total. The van der Waals surface area contributed by atoms with E-state index in [-0.39, 0.29) is 26.0 Å². The first kappa shape index (κ1) is 15.6. The lowest BCUT2D eigenvalue weighted by atomic mass is 10.0. The van der Waals surface area contributed by atoms with Crippen LogP contribution in [0, 0.1) is 0 Å². The van der Waals surface area contributed by atoms with Crippen molar-refractivity contribution in [2.24, 2.45) is 5.73 Å². The van der Waals surface area contributed by atoms with Crippen molar-refractivity contribution in [2.75, 3.05) is 13.7 Å². The van der Waals surface area contributed by atoms with Crippen LogP contribution in [0.2, 0.25) is 0 Å². The van der Waals surface area contributed by atoms with Gasteiger partial charge in [-0.15, -0.1) is 0 Å². The average Bonchev–Trinajstić information content (AvgIpc) is 2.35. The molecule has 0 aliphatic heterocycles. The predicted octanol–water partition coefficient (Wildman–Crippen LogP) is 2.55. The Labute approximate surface area is 119 Å². The molecule has 1 aromatic rings. The average molecular weight is 391 g/mol. The highest BCUT2D eigenvalue weighted by Gasteiger charge is 2.39. The van der Waals surface area contributed by atoms with Crippen molar-refractivity contribution in [1.29, 1.82) is 0 Å². The minimum atomic E-state index is -3.48. The Morgan fingerprint density at radius 2 is 2.00 bits per heavy atom. The van der Waals surface area contributed by atoms with E-state index in [4.69, 9.17) is 15.6 Å². The van der Waals surface area contributed by atoms with E-state index in [1.54, 1.807) is 0 Å². The monoisotopic (exact) mass is 389 g/mol. The van der Waals surface area contributed by atoms with Crippen molar-refractivity contribution in [3.8, 4) is 11.5 Å². The van der Waals surface area contributed by atoms with Gasteiger partial charge < -0.3 is 20.7 Å². The minimum Gasteiger partial charge on any atom is -0.503 e. The molecule has 18 heavy (non-hydrogen) atoms. The number of benzene rings is 1. The van der Waals surface area contributed by atoms with E-state index in [0.717, 1.165) is 0 Å². The maximum Gasteiger partial charge on any atom is 0.289 e. The topological polar surface area (TPSA) is 75.7 Å². The van der Waals surface area contributed by atoms with Gasteiger partial charge in [0.25, 0.3) is 5.92 Å². The second-order valence-corrected chi connectivity index (χ2v) is 5.13. The van der Waals surface area contributed by atoms with Gasteiger partial charge in [0.05, 0.1) is 17.6 Å². The SMILES string of the molecule is COc1cc([C@@H](N)C(F)(F)CO)c(Br)c(Br)c1O. The molecular weight excluding hydrogens is 380 g/mol. The number of hydrogen-bond acceptors (Lipinski definition) is 4. The molecule has 0 heterocycles. The zero-order valence-electron chi connectivity index (χ0n) is 9.25. The fourth-order valence-electron chi connectivity index (χ4n) is 1.32. The van der Waals surface area contributed by atoms with Crippen molar-refractivity contribution in [3.05, 3.63) is 20.6 Å². The highest BCUT2D eigenvalue weighted by molar-refractivity contribution is 9.13. The zero-order valence-corrected chi connectivity index (χ0v) is 12.4. The molecule has 4 N–H and O–H groups in total. The first-order valence-electron chi connectivity index (χ1n) is 4.75. The second-order valence-electron chi connectivity index (χ2n) is 3.54. The molecule has 8 heteroatoms. The van der Waals surface area contributed by atoms with Crippen molar-refractivity contribution >= 4 is 31.9 Å². The highest BCUT2D eigenvalue weighted by Crippen LogP contribution is 2.45. The Bertz CT molecular complexity index is 457. The van der Waals surface area contributed by atoms with Gasteiger partial charge >= 0.3 is 0 Å². The fourth-order valence-corrected chi connectivity index (χ4v) is 2.29. The van der Waals surface area contributed by atoms with Crippen LogP contribution in [0.15, 0.2) is 15.0 Å². The number of aliphatic hydroxyl groups is 1. The number of ether oxygens (including phenoxy) is 1. The summed E-state index contributed by atoms with van der Waals surface area (Å²) in [6, 6.07) is -0.541. The summed E-state index contributed by atoms with van der Waals surface area (Å²) < 4.78 is 31.9. The van der Waals surface area contributed by atoms with Crippen molar-refractivity contribution in [1.82, 2.24) is 0 Å². The third kappa shape index (κ3) is 2.76. The molecule has 0 amide bonds. The number of phenols is 1. The van der Waals surface area contributed by atoms with E-state index in [1.807, 2.05) is 0 Å². The van der Waals surface area contributed by atoms with Gasteiger partial charge in [0, 0.05) is 4.47 Å². The van der Waals surface area contributed by atoms with E-state index < -0.39 is 18.6 Å². The molecule has 1 aromatic carbocycles. The van der Waals surface area contributed by atoms with Crippen molar-refractivity contribution in [2.45, 2.75) is 12.0 Å². The molecule has 0 bridgehead atoms. The number of nitrogens with two attached hydrogens (primary N) is 1. The number of rotatable bonds is 4. The molecule has 1 atom stereocenters. The summed E-state index contributed by atoms with van der Waals surface area (Å²) in [6.07, 6.45) is 0. The molecule has 0 radical (unpaired) electrons. The first-order valence-corrected chi connectivity index (χ1v) is 6.34. The number of phenolic OH excluding ortho intramolecular Hbond substituents is 1. The van der Waals surface area contributed by atoms with Crippen molar-refractivity contribution < 1.29 is 23.7 Å². The third-order valence-corrected chi connectivity index (χ3v) is 4.55. The number of hydrogen-bond donors (Lipinski definition) is 3. The van der Waals surface area contributed by atoms with Crippen LogP contribution >= 0.6 is 31.9 Å². The van der Waals surface area contributed by atoms with Gasteiger partial charge in [-0.1, -0.05) is 0 Å². The van der Waals surface area contributed by atoms with Crippen LogP contribution in [0.25, 0.3) is 0 Å². The van der Waals surface area contributed by atoms with Crippen LogP contribution in [0.4, 0.5) is 8.78 Å². The van der Waals surface area contributed by atoms with Gasteiger partial charge in [-0.25, -0.2) is 8.78 Å². The summed E-state index contributed by atoms with van der Waals surface area (Å²) in [5.41, 5.74) is 5.44. The molecule has 102 valence electrons. The molecule has 0 saturated heterocycles. The fraction of sp³-hybridized carbons (Fsp3) is 0.400. The standard InChI is InChI=1S/C10H11Br2F2NO3/c1-18-5-2-4(6(11)7(12)8(5)17)9(15)10(13,14)3-16/h2,9,16-17H,3,15H2,1H3/t9-/m1/s1. The predicted molar refractivity (Wildman–Crippen MR) is 69.0 cm³/mol. The molecule has 0 saturated carbocycles. The lowest BCUT2D eigenvalue weighted by Crippen LogP contribution is -2.36. The first-order chi connectivity index (χ1) is 8.26. The Hall–Kier alpha value is -0.440. The maximum absolute atomic E-state index is 13.4. The maximum atomic E-state index is 13.4. The molecule has 0 aromatic heterocycles. The minimum absolute atomic E-state index is 0.00395. The van der Waals surface area contributed by atoms with E-state index in [0.29, 0.717) is 0 Å². The summed E-state index contributed by atoms with van der Waals surface area (Å²) in [7, 11) is 1.29. The van der Waals surface area contributed by atoms with Crippen LogP contribution in [-0.4, -0.2) is 29.9 Å². The third-order valence-electron chi connectivity index (χ3n) is 2.39. The number of halogens is 4. The van der Waals surface area contributed by atoms with E-state index >= 15 is 0 Å². The van der Waals surface area contributed by atoms with Crippen LogP contribution in [-0.2, 0) is 0 Å². The number of aromatic hydroxyl groups is 1. The van der Waals surface area contributed by atoms with Gasteiger partial charge in [0.15, 0.2) is 11.5 Å². The molecule has 0 fully saturated rings. The van der Waals surface area contributed by atoms with Crippen LogP contribution in [0.3, 0.4) is 0 Å². The quantitative estimate of drug-likeness (QED) is 0.738. The molecule has 1 rings (SSSR count). The molecular formula is C10H11Br2F2NO3. The highest BCUT2D eigenvalue weighted by atomic mass is 79.9. The lowest BCUT2D eigenvalue weighted by molar-refractivity contribution is -0.0713. The Kier molecular flexibility index (Phi) is 4.93. The summed E-state index contributed by atoms with van der Waals surface area (Å²) in [5.74, 6) is -3.71. The van der Waals surface area contributed by atoms with Crippen LogP contribution < -0.4 is 10.5 Å². The zero-order chi connectivity index (χ0) is 14.1. The summed E-state index contributed by atoms with van der Waals surface area (Å²) >= 11 is 6.10. The molecule has 0 aliphatic carbocycles. The number of methoxy groups -OCH3 is 1. The lowest BCUT2D eigenvalue weighted by Gasteiger charge is -2.24. The number of aliphatic hydroxyl groups excluding tert-OH is 1. The molecule has 0 spiro atoms. The normalized spacial score (nSPS) is 13.5. The summed E-state index contributed by atoms with van der Waals surface area (Å²) in [4.78, 5) is 0. The largest absolute Gasteiger partial charge is 0.503 e. The Balaban J connectivity index is 3.38. The smallest absolute Gasteiger partial charge is 0.289 e. The van der Waals surface area contributed by atoms with Crippen molar-refractivity contribution in [3.63, 3.8) is 0 Å². The number of alkyl halides is 2. The van der Waals surface area contributed by atoms with Gasteiger partial charge in [-0.2, -0.15) is 0 Å². The molecule has 0 unspecified atom stereocenters. The van der Waals surface area contributed by atoms with E-state index in [1.165, 1.54) is 13.2 Å². The summed E-state index contributed by atoms with van der Waals surface area (Å²) in [5, 5.41) is 18.3. The Morgan fingerprint density at radius 1 is 1.44 bits per heavy atom. The summed E-state index contributed by atoms with van der Waals surface area (Å²) in [6.45, 7) is -1.37. The van der Waals surface area contributed by atoms with Crippen LogP contribution in [0.5, 0.6) is 11.5 Å². The van der Waals surface area contributed by atoms with Gasteiger partial charge in [-0.05, 0) is 43.5 Å². The van der Waals surface area contributed by atoms with E-state index in [9.17, 15) is 13.9 Å². The molecule has 0 aliphatic rings. The van der Waals surface area contributed by atoms with Gasteiger partial charge in [0.2, 0.25) is 0 Å². The Morgan fingerprint density at radius 3 is 2.44 bits per heavy atom. The van der Waals surface area contributed by atoms with Gasteiger partial charge in [0.1, 0.15) is 6.61 Å².